The first kappa shape index (κ1) is 19.1. The average molecular weight is 381 g/mol. The summed E-state index contributed by atoms with van der Waals surface area (Å²) in [5, 5.41) is 3.30. The molecular weight excluding hydrogens is 364 g/mol. The number of nitrogens with one attached hydrogen (secondary N) is 1. The third-order valence-electron chi connectivity index (χ3n) is 3.96. The van der Waals surface area contributed by atoms with Gasteiger partial charge in [0.15, 0.2) is 0 Å². The van der Waals surface area contributed by atoms with E-state index < -0.39 is 17.8 Å². The van der Waals surface area contributed by atoms with Gasteiger partial charge in [-0.3, -0.25) is 4.90 Å². The average Bonchev–Trinajstić information content (AvgIpc) is 3.03. The fourth-order valence-corrected chi connectivity index (χ4v) is 3.23. The van der Waals surface area contributed by atoms with E-state index in [1.165, 1.54) is 18.4 Å². The van der Waals surface area contributed by atoms with Gasteiger partial charge in [-0.1, -0.05) is 17.7 Å². The Morgan fingerprint density at radius 3 is 2.42 bits per heavy atom. The summed E-state index contributed by atoms with van der Waals surface area (Å²) in [5.74, 6) is 0.463. The van der Waals surface area contributed by atoms with Crippen LogP contribution in [0.4, 0.5) is 13.2 Å². The van der Waals surface area contributed by atoms with Crippen molar-refractivity contribution in [2.24, 2.45) is 0 Å². The molecule has 0 unspecified atom stereocenters. The fraction of sp³-hybridized carbons (Fsp3) is 0.375. The summed E-state index contributed by atoms with van der Waals surface area (Å²) in [6.07, 6.45) is -3.01. The molecule has 1 aliphatic rings. The van der Waals surface area contributed by atoms with Gasteiger partial charge in [-0.2, -0.15) is 13.2 Å². The van der Waals surface area contributed by atoms with E-state index >= 15 is 0 Å². The zero-order valence-corrected chi connectivity index (χ0v) is 14.2. The first-order valence-corrected chi connectivity index (χ1v) is 7.70. The normalized spacial score (nSPS) is 17.3. The highest BCUT2D eigenvalue weighted by atomic mass is 35.5. The van der Waals surface area contributed by atoms with Gasteiger partial charge < -0.3 is 9.73 Å². The lowest BCUT2D eigenvalue weighted by Gasteiger charge is -2.35. The molecule has 1 saturated heterocycles. The van der Waals surface area contributed by atoms with Crippen LogP contribution in [0, 0.1) is 0 Å². The molecule has 1 N–H and O–H groups in total. The molecule has 3 rings (SSSR count). The number of benzene rings is 1. The molecule has 1 aliphatic heterocycles. The minimum atomic E-state index is -4.47. The van der Waals surface area contributed by atoms with Crippen LogP contribution < -0.4 is 5.32 Å². The van der Waals surface area contributed by atoms with Crippen molar-refractivity contribution in [3.05, 3.63) is 58.5 Å². The quantitative estimate of drug-likeness (QED) is 0.856. The Morgan fingerprint density at radius 2 is 1.83 bits per heavy atom. The van der Waals surface area contributed by atoms with Crippen molar-refractivity contribution in [2.75, 3.05) is 26.2 Å². The molecule has 3 nitrogen and oxygen atoms in total. The summed E-state index contributed by atoms with van der Waals surface area (Å²) in [5.41, 5.74) is -0.663. The van der Waals surface area contributed by atoms with Gasteiger partial charge in [-0.15, -0.1) is 12.4 Å². The van der Waals surface area contributed by atoms with Gasteiger partial charge in [0.05, 0.1) is 17.9 Å². The number of piperazine rings is 1. The Kier molecular flexibility index (Phi) is 6.20. The molecule has 0 radical (unpaired) electrons. The summed E-state index contributed by atoms with van der Waals surface area (Å²) < 4.78 is 45.9. The standard InChI is InChI=1S/C16H16ClF3N2O.ClH/c17-12-4-1-3-11(16(18,19)20)14(12)15(13-5-2-10-23-13)22-8-6-21-7-9-22;/h1-5,10,15,21H,6-9H2;1H/t15-;/m1./s1. The molecule has 8 heteroatoms. The first-order chi connectivity index (χ1) is 11.0. The number of nitrogens with zero attached hydrogens (tertiary/aromatic N) is 1. The molecular formula is C16H17Cl2F3N2O. The predicted octanol–water partition coefficient (Wildman–Crippen LogP) is 4.37. The molecule has 1 aromatic heterocycles. The number of furan rings is 1. The minimum Gasteiger partial charge on any atom is -0.467 e. The third kappa shape index (κ3) is 3.88. The Hall–Kier alpha value is -1.21. The highest BCUT2D eigenvalue weighted by molar-refractivity contribution is 6.31. The van der Waals surface area contributed by atoms with Gasteiger partial charge in [-0.05, 0) is 24.3 Å². The topological polar surface area (TPSA) is 28.4 Å². The molecule has 0 spiro atoms. The van der Waals surface area contributed by atoms with Crippen molar-refractivity contribution < 1.29 is 17.6 Å². The number of hydrogen-bond acceptors (Lipinski definition) is 3. The van der Waals surface area contributed by atoms with Crippen LogP contribution in [0.15, 0.2) is 41.0 Å². The highest BCUT2D eigenvalue weighted by Crippen LogP contribution is 2.42. The first-order valence-electron chi connectivity index (χ1n) is 7.32. The number of rotatable bonds is 3. The number of alkyl halides is 3. The molecule has 0 amide bonds. The zero-order chi connectivity index (χ0) is 16.4. The molecule has 0 bridgehead atoms. The Morgan fingerprint density at radius 1 is 1.12 bits per heavy atom. The van der Waals surface area contributed by atoms with Gasteiger partial charge in [0.1, 0.15) is 5.76 Å². The van der Waals surface area contributed by atoms with Gasteiger partial charge in [-0.25, -0.2) is 0 Å². The molecule has 2 heterocycles. The summed E-state index contributed by atoms with van der Waals surface area (Å²) >= 11 is 6.18. The molecule has 0 aliphatic carbocycles. The maximum atomic E-state index is 13.5. The molecule has 24 heavy (non-hydrogen) atoms. The molecule has 1 aromatic carbocycles. The van der Waals surface area contributed by atoms with E-state index in [-0.39, 0.29) is 23.0 Å². The summed E-state index contributed by atoms with van der Waals surface area (Å²) in [6, 6.07) is 6.59. The Balaban J connectivity index is 0.00000208. The van der Waals surface area contributed by atoms with Crippen LogP contribution >= 0.6 is 24.0 Å². The van der Waals surface area contributed by atoms with Gasteiger partial charge in [0.2, 0.25) is 0 Å². The highest BCUT2D eigenvalue weighted by Gasteiger charge is 2.39. The maximum absolute atomic E-state index is 13.5. The van der Waals surface area contributed by atoms with Crippen LogP contribution in [0.5, 0.6) is 0 Å². The van der Waals surface area contributed by atoms with Gasteiger partial charge in [0.25, 0.3) is 0 Å². The van der Waals surface area contributed by atoms with Crippen molar-refractivity contribution in [1.82, 2.24) is 10.2 Å². The van der Waals surface area contributed by atoms with Crippen molar-refractivity contribution in [3.8, 4) is 0 Å². The van der Waals surface area contributed by atoms with Crippen LogP contribution in [0.3, 0.4) is 0 Å². The zero-order valence-electron chi connectivity index (χ0n) is 12.6. The molecule has 132 valence electrons. The van der Waals surface area contributed by atoms with E-state index in [4.69, 9.17) is 16.0 Å². The van der Waals surface area contributed by atoms with Crippen LogP contribution in [-0.2, 0) is 6.18 Å². The second-order valence-electron chi connectivity index (χ2n) is 5.40. The lowest BCUT2D eigenvalue weighted by atomic mass is 9.96. The van der Waals surface area contributed by atoms with Crippen LogP contribution in [0.2, 0.25) is 5.02 Å². The Bertz CT molecular complexity index is 656. The predicted molar refractivity (Wildman–Crippen MR) is 88.7 cm³/mol. The van der Waals surface area contributed by atoms with Crippen LogP contribution in [0.25, 0.3) is 0 Å². The van der Waals surface area contributed by atoms with Crippen molar-refractivity contribution in [3.63, 3.8) is 0 Å². The largest absolute Gasteiger partial charge is 0.467 e. The third-order valence-corrected chi connectivity index (χ3v) is 4.29. The van der Waals surface area contributed by atoms with Crippen molar-refractivity contribution in [1.29, 1.82) is 0 Å². The summed E-state index contributed by atoms with van der Waals surface area (Å²) in [7, 11) is 0. The monoisotopic (exact) mass is 380 g/mol. The molecule has 2 aromatic rings. The fourth-order valence-electron chi connectivity index (χ4n) is 2.95. The van der Waals surface area contributed by atoms with Crippen molar-refractivity contribution >= 4 is 24.0 Å². The van der Waals surface area contributed by atoms with Crippen LogP contribution in [0.1, 0.15) is 22.9 Å². The second-order valence-corrected chi connectivity index (χ2v) is 5.81. The van der Waals surface area contributed by atoms with Gasteiger partial charge >= 0.3 is 6.18 Å². The number of halogens is 5. The number of hydrogen-bond donors (Lipinski definition) is 1. The molecule has 0 saturated carbocycles. The lowest BCUT2D eigenvalue weighted by Crippen LogP contribution is -2.45. The minimum absolute atomic E-state index is 0. The summed E-state index contributed by atoms with van der Waals surface area (Å²) in [6.45, 7) is 2.66. The SMILES string of the molecule is Cl.FC(F)(F)c1cccc(Cl)c1[C@@H](c1ccco1)N1CCNCC1. The molecule has 1 atom stereocenters. The molecule has 1 fully saturated rings. The summed E-state index contributed by atoms with van der Waals surface area (Å²) in [4.78, 5) is 1.96. The second kappa shape index (κ2) is 7.78. The van der Waals surface area contributed by atoms with E-state index in [2.05, 4.69) is 5.32 Å². The van der Waals surface area contributed by atoms with E-state index in [9.17, 15) is 13.2 Å². The van der Waals surface area contributed by atoms with E-state index in [0.717, 1.165) is 6.07 Å². The van der Waals surface area contributed by atoms with E-state index in [1.807, 2.05) is 4.90 Å². The van der Waals surface area contributed by atoms with Crippen LogP contribution in [-0.4, -0.2) is 31.1 Å². The van der Waals surface area contributed by atoms with Gasteiger partial charge in [0, 0.05) is 36.8 Å². The van der Waals surface area contributed by atoms with E-state index in [0.29, 0.717) is 31.9 Å². The maximum Gasteiger partial charge on any atom is 0.416 e. The lowest BCUT2D eigenvalue weighted by molar-refractivity contribution is -0.138. The Labute approximate surface area is 149 Å². The smallest absolute Gasteiger partial charge is 0.416 e. The van der Waals surface area contributed by atoms with E-state index in [1.54, 1.807) is 12.1 Å². The van der Waals surface area contributed by atoms with Crippen molar-refractivity contribution in [2.45, 2.75) is 12.2 Å².